The maximum absolute atomic E-state index is 11.7. The molecule has 0 aliphatic carbocycles. The van der Waals surface area contributed by atoms with Crippen LogP contribution in [0.15, 0.2) is 29.3 Å². The van der Waals surface area contributed by atoms with Gasteiger partial charge in [0.05, 0.1) is 5.75 Å². The van der Waals surface area contributed by atoms with E-state index in [1.54, 1.807) is 13.1 Å². The zero-order valence-corrected chi connectivity index (χ0v) is 16.8. The van der Waals surface area contributed by atoms with Crippen LogP contribution >= 0.6 is 0 Å². The Balaban J connectivity index is 2.62. The summed E-state index contributed by atoms with van der Waals surface area (Å²) in [4.78, 5) is 16.2. The Morgan fingerprint density at radius 2 is 2.04 bits per heavy atom. The molecule has 1 amide bonds. The number of carbonyl (C=O) groups excluding carboxylic acids is 1. The van der Waals surface area contributed by atoms with Gasteiger partial charge < -0.3 is 16.0 Å². The summed E-state index contributed by atoms with van der Waals surface area (Å²) in [6, 6.07) is 7.47. The number of hydrogen-bond donors (Lipinski definition) is 3. The molecule has 0 fully saturated rings. The third kappa shape index (κ3) is 8.84. The molecule has 7 nitrogen and oxygen atoms in total. The molecule has 1 aromatic rings. The van der Waals surface area contributed by atoms with E-state index in [4.69, 9.17) is 0 Å². The number of nitrogens with zero attached hydrogens (tertiary/aromatic N) is 1. The first-order valence-corrected chi connectivity index (χ1v) is 10.8. The monoisotopic (exact) mass is 382 g/mol. The van der Waals surface area contributed by atoms with Crippen LogP contribution < -0.4 is 16.0 Å². The summed E-state index contributed by atoms with van der Waals surface area (Å²) in [6.07, 6.45) is 2.47. The fraction of sp³-hybridized carbons (Fsp3) is 0.556. The standard InChI is InChI=1S/C18H30N4O3S/c1-5-20-18(22-14(2)10-12-26(4,24)25)21-11-9-15-7-6-8-16(13-15)17(23)19-3/h6-8,13-14H,5,9-12H2,1-4H3,(H,19,23)(H2,20,21,22). The molecule has 1 rings (SSSR count). The van der Waals surface area contributed by atoms with Crippen LogP contribution in [0, 0.1) is 0 Å². The first-order chi connectivity index (χ1) is 12.2. The average Bonchev–Trinajstić information content (AvgIpc) is 2.59. The average molecular weight is 383 g/mol. The Morgan fingerprint density at radius 3 is 2.65 bits per heavy atom. The van der Waals surface area contributed by atoms with Crippen LogP contribution in [0.1, 0.15) is 36.2 Å². The van der Waals surface area contributed by atoms with Crippen molar-refractivity contribution >= 4 is 21.7 Å². The van der Waals surface area contributed by atoms with Crippen LogP contribution in [0.3, 0.4) is 0 Å². The van der Waals surface area contributed by atoms with Crippen molar-refractivity contribution in [3.63, 3.8) is 0 Å². The molecule has 26 heavy (non-hydrogen) atoms. The molecule has 0 bridgehead atoms. The minimum Gasteiger partial charge on any atom is -0.357 e. The predicted octanol–water partition coefficient (Wildman–Crippen LogP) is 0.967. The zero-order valence-electron chi connectivity index (χ0n) is 16.0. The number of hydrogen-bond acceptors (Lipinski definition) is 4. The number of benzene rings is 1. The van der Waals surface area contributed by atoms with Gasteiger partial charge in [-0.3, -0.25) is 9.79 Å². The largest absolute Gasteiger partial charge is 0.357 e. The fourth-order valence-corrected chi connectivity index (χ4v) is 3.11. The number of aliphatic imine (C=N–C) groups is 1. The van der Waals surface area contributed by atoms with Crippen molar-refractivity contribution in [2.24, 2.45) is 4.99 Å². The molecule has 0 saturated heterocycles. The molecule has 1 unspecified atom stereocenters. The summed E-state index contributed by atoms with van der Waals surface area (Å²) >= 11 is 0. The highest BCUT2D eigenvalue weighted by Gasteiger charge is 2.09. The van der Waals surface area contributed by atoms with E-state index in [1.807, 2.05) is 32.0 Å². The maximum atomic E-state index is 11.7. The van der Waals surface area contributed by atoms with Crippen molar-refractivity contribution in [1.82, 2.24) is 16.0 Å². The van der Waals surface area contributed by atoms with E-state index in [-0.39, 0.29) is 17.7 Å². The third-order valence-corrected chi connectivity index (χ3v) is 4.71. The molecule has 0 saturated carbocycles. The molecule has 0 heterocycles. The Kier molecular flexibility index (Phi) is 9.12. The van der Waals surface area contributed by atoms with Gasteiger partial charge in [0, 0.05) is 38.0 Å². The summed E-state index contributed by atoms with van der Waals surface area (Å²) in [5.74, 6) is 0.702. The van der Waals surface area contributed by atoms with E-state index < -0.39 is 9.84 Å². The number of rotatable bonds is 9. The molecule has 3 N–H and O–H groups in total. The van der Waals surface area contributed by atoms with Crippen LogP contribution in [0.2, 0.25) is 0 Å². The van der Waals surface area contributed by atoms with Crippen LogP contribution in [0.5, 0.6) is 0 Å². The van der Waals surface area contributed by atoms with Gasteiger partial charge in [0.2, 0.25) is 0 Å². The highest BCUT2D eigenvalue weighted by molar-refractivity contribution is 7.90. The Bertz CT molecular complexity index is 717. The Labute approximate surface area is 156 Å². The highest BCUT2D eigenvalue weighted by Crippen LogP contribution is 2.06. The SMILES string of the molecule is CCNC(=NCCc1cccc(C(=O)NC)c1)NC(C)CCS(C)(=O)=O. The molecule has 0 aromatic heterocycles. The van der Waals surface area contributed by atoms with E-state index >= 15 is 0 Å². The molecule has 1 aromatic carbocycles. The van der Waals surface area contributed by atoms with Gasteiger partial charge >= 0.3 is 0 Å². The maximum Gasteiger partial charge on any atom is 0.251 e. The molecule has 146 valence electrons. The molecule has 0 aliphatic rings. The minimum atomic E-state index is -2.97. The number of sulfone groups is 1. The van der Waals surface area contributed by atoms with Crippen LogP contribution in [-0.2, 0) is 16.3 Å². The normalized spacial score (nSPS) is 13.2. The van der Waals surface area contributed by atoms with Crippen molar-refractivity contribution in [2.75, 3.05) is 32.1 Å². The topological polar surface area (TPSA) is 99.7 Å². The van der Waals surface area contributed by atoms with Crippen molar-refractivity contribution in [3.05, 3.63) is 35.4 Å². The highest BCUT2D eigenvalue weighted by atomic mass is 32.2. The minimum absolute atomic E-state index is 0.000831. The summed E-state index contributed by atoms with van der Waals surface area (Å²) in [6.45, 7) is 5.19. The van der Waals surface area contributed by atoms with E-state index in [0.29, 0.717) is 30.9 Å². The smallest absolute Gasteiger partial charge is 0.251 e. The third-order valence-electron chi connectivity index (χ3n) is 3.74. The second-order valence-electron chi connectivity index (χ2n) is 6.25. The number of guanidine groups is 1. The molecule has 1 atom stereocenters. The Hall–Kier alpha value is -2.09. The van der Waals surface area contributed by atoms with Gasteiger partial charge in [0.25, 0.3) is 5.91 Å². The van der Waals surface area contributed by atoms with Gasteiger partial charge in [0.15, 0.2) is 5.96 Å². The van der Waals surface area contributed by atoms with E-state index in [0.717, 1.165) is 12.1 Å². The second-order valence-corrected chi connectivity index (χ2v) is 8.51. The van der Waals surface area contributed by atoms with E-state index in [9.17, 15) is 13.2 Å². The lowest BCUT2D eigenvalue weighted by atomic mass is 10.1. The molecular formula is C18H30N4O3S. The lowest BCUT2D eigenvalue weighted by molar-refractivity contribution is 0.0963. The summed E-state index contributed by atoms with van der Waals surface area (Å²) in [5, 5.41) is 9.00. The van der Waals surface area contributed by atoms with Gasteiger partial charge in [-0.25, -0.2) is 8.42 Å². The van der Waals surface area contributed by atoms with Crippen molar-refractivity contribution < 1.29 is 13.2 Å². The van der Waals surface area contributed by atoms with E-state index in [1.165, 1.54) is 6.26 Å². The van der Waals surface area contributed by atoms with E-state index in [2.05, 4.69) is 20.9 Å². The van der Waals surface area contributed by atoms with Gasteiger partial charge in [0.1, 0.15) is 9.84 Å². The summed E-state index contributed by atoms with van der Waals surface area (Å²) < 4.78 is 22.5. The summed E-state index contributed by atoms with van der Waals surface area (Å²) in [5.41, 5.74) is 1.67. The zero-order chi connectivity index (χ0) is 19.6. The van der Waals surface area contributed by atoms with Crippen LogP contribution in [0.4, 0.5) is 0 Å². The van der Waals surface area contributed by atoms with Crippen molar-refractivity contribution in [2.45, 2.75) is 32.7 Å². The molecule has 0 radical (unpaired) electrons. The number of carbonyl (C=O) groups is 1. The molecule has 0 spiro atoms. The predicted molar refractivity (Wildman–Crippen MR) is 106 cm³/mol. The molecular weight excluding hydrogens is 352 g/mol. The number of nitrogens with one attached hydrogen (secondary N) is 3. The lowest BCUT2D eigenvalue weighted by Crippen LogP contribution is -2.43. The summed E-state index contributed by atoms with van der Waals surface area (Å²) in [7, 11) is -1.36. The quantitative estimate of drug-likeness (QED) is 0.436. The van der Waals surface area contributed by atoms with Crippen molar-refractivity contribution in [1.29, 1.82) is 0 Å². The second kappa shape index (κ2) is 10.8. The number of amides is 1. The van der Waals surface area contributed by atoms with Gasteiger partial charge in [-0.05, 0) is 44.4 Å². The van der Waals surface area contributed by atoms with Crippen LogP contribution in [-0.4, -0.2) is 58.5 Å². The van der Waals surface area contributed by atoms with Gasteiger partial charge in [-0.2, -0.15) is 0 Å². The molecule has 8 heteroatoms. The van der Waals surface area contributed by atoms with Crippen molar-refractivity contribution in [3.8, 4) is 0 Å². The first-order valence-electron chi connectivity index (χ1n) is 8.78. The van der Waals surface area contributed by atoms with Gasteiger partial charge in [-0.1, -0.05) is 12.1 Å². The van der Waals surface area contributed by atoms with Gasteiger partial charge in [-0.15, -0.1) is 0 Å². The lowest BCUT2D eigenvalue weighted by Gasteiger charge is -2.17. The molecule has 0 aliphatic heterocycles. The first kappa shape index (κ1) is 22.0. The fourth-order valence-electron chi connectivity index (χ4n) is 2.33. The Morgan fingerprint density at radius 1 is 1.31 bits per heavy atom. The van der Waals surface area contributed by atoms with Crippen LogP contribution in [0.25, 0.3) is 0 Å².